The third-order valence-electron chi connectivity index (χ3n) is 3.49. The number of rotatable bonds is 5. The molecule has 0 aliphatic carbocycles. The number of anilines is 2. The van der Waals surface area contributed by atoms with Crippen LogP contribution in [0.4, 0.5) is 11.5 Å². The molecule has 0 aliphatic heterocycles. The van der Waals surface area contributed by atoms with Crippen molar-refractivity contribution in [2.75, 3.05) is 17.7 Å². The summed E-state index contributed by atoms with van der Waals surface area (Å²) >= 11 is 0. The molecule has 0 radical (unpaired) electrons. The summed E-state index contributed by atoms with van der Waals surface area (Å²) in [4.78, 5) is 32.4. The number of methoxy groups -OCH3 is 1. The summed E-state index contributed by atoms with van der Waals surface area (Å²) in [6, 6.07) is 15.1. The first-order chi connectivity index (χ1) is 12.7. The average Bonchev–Trinajstić information content (AvgIpc) is 2.70. The molecule has 0 bridgehead atoms. The van der Waals surface area contributed by atoms with Crippen LogP contribution in [0.15, 0.2) is 67.0 Å². The van der Waals surface area contributed by atoms with Gasteiger partial charge in [0.15, 0.2) is 0 Å². The first-order valence-electron chi connectivity index (χ1n) is 7.79. The van der Waals surface area contributed by atoms with E-state index in [-0.39, 0.29) is 11.8 Å². The molecule has 2 heterocycles. The van der Waals surface area contributed by atoms with Gasteiger partial charge in [-0.15, -0.1) is 0 Å². The fourth-order valence-corrected chi connectivity index (χ4v) is 2.19. The molecule has 0 unspecified atom stereocenters. The van der Waals surface area contributed by atoms with Gasteiger partial charge in [-0.05, 0) is 42.5 Å². The zero-order valence-corrected chi connectivity index (χ0v) is 14.0. The van der Waals surface area contributed by atoms with Gasteiger partial charge in [-0.2, -0.15) is 0 Å². The highest BCUT2D eigenvalue weighted by Crippen LogP contribution is 2.15. The molecular formula is C19H16N4O3. The number of carbonyl (C=O) groups excluding carboxylic acids is 2. The number of amides is 2. The van der Waals surface area contributed by atoms with Crippen LogP contribution >= 0.6 is 0 Å². The summed E-state index contributed by atoms with van der Waals surface area (Å²) in [5.74, 6) is 0.328. The Balaban J connectivity index is 1.64. The Morgan fingerprint density at radius 1 is 0.923 bits per heavy atom. The number of carbonyl (C=O) groups is 2. The maximum Gasteiger partial charge on any atom is 0.274 e. The van der Waals surface area contributed by atoms with Crippen molar-refractivity contribution >= 4 is 23.3 Å². The van der Waals surface area contributed by atoms with Gasteiger partial charge in [0.25, 0.3) is 11.8 Å². The van der Waals surface area contributed by atoms with Crippen molar-refractivity contribution in [3.05, 3.63) is 78.2 Å². The third kappa shape index (κ3) is 4.21. The zero-order chi connectivity index (χ0) is 18.4. The molecule has 7 heteroatoms. The van der Waals surface area contributed by atoms with E-state index in [0.717, 1.165) is 0 Å². The molecule has 26 heavy (non-hydrogen) atoms. The largest absolute Gasteiger partial charge is 0.497 e. The van der Waals surface area contributed by atoms with Crippen LogP contribution in [0.3, 0.4) is 0 Å². The molecule has 3 aromatic rings. The number of benzene rings is 1. The lowest BCUT2D eigenvalue weighted by atomic mass is 10.2. The van der Waals surface area contributed by atoms with E-state index in [1.165, 1.54) is 13.3 Å². The topological polar surface area (TPSA) is 93.2 Å². The van der Waals surface area contributed by atoms with Crippen LogP contribution in [0.2, 0.25) is 0 Å². The van der Waals surface area contributed by atoms with Crippen LogP contribution in [0.5, 0.6) is 5.75 Å². The van der Waals surface area contributed by atoms with Crippen LogP contribution in [0, 0.1) is 0 Å². The summed E-state index contributed by atoms with van der Waals surface area (Å²) < 4.78 is 5.10. The molecule has 0 aliphatic rings. The Labute approximate surface area is 150 Å². The number of nitrogens with one attached hydrogen (secondary N) is 2. The Kier molecular flexibility index (Phi) is 5.19. The Morgan fingerprint density at radius 2 is 1.81 bits per heavy atom. The van der Waals surface area contributed by atoms with Gasteiger partial charge >= 0.3 is 0 Å². The molecule has 0 atom stereocenters. The SMILES string of the molecule is COc1cccc(C(=O)Nc2ccc(NC(=O)c3ccccn3)cn2)c1. The highest BCUT2D eigenvalue weighted by atomic mass is 16.5. The van der Waals surface area contributed by atoms with E-state index in [4.69, 9.17) is 4.74 Å². The lowest BCUT2D eigenvalue weighted by Gasteiger charge is -2.08. The molecule has 0 fully saturated rings. The molecule has 0 spiro atoms. The highest BCUT2D eigenvalue weighted by Gasteiger charge is 2.09. The van der Waals surface area contributed by atoms with E-state index in [1.807, 2.05) is 0 Å². The quantitative estimate of drug-likeness (QED) is 0.739. The van der Waals surface area contributed by atoms with E-state index in [1.54, 1.807) is 60.8 Å². The van der Waals surface area contributed by atoms with Crippen molar-refractivity contribution in [2.45, 2.75) is 0 Å². The molecule has 2 N–H and O–H groups in total. The molecular weight excluding hydrogens is 332 g/mol. The van der Waals surface area contributed by atoms with E-state index >= 15 is 0 Å². The average molecular weight is 348 g/mol. The molecule has 0 saturated heterocycles. The minimum absolute atomic E-state index is 0.304. The smallest absolute Gasteiger partial charge is 0.274 e. The second-order valence-electron chi connectivity index (χ2n) is 5.29. The van der Waals surface area contributed by atoms with Crippen molar-refractivity contribution in [2.24, 2.45) is 0 Å². The molecule has 3 rings (SSSR count). The maximum atomic E-state index is 12.2. The summed E-state index contributed by atoms with van der Waals surface area (Å²) in [6.07, 6.45) is 3.01. The van der Waals surface area contributed by atoms with Gasteiger partial charge in [-0.3, -0.25) is 14.6 Å². The van der Waals surface area contributed by atoms with Gasteiger partial charge < -0.3 is 15.4 Å². The van der Waals surface area contributed by atoms with Gasteiger partial charge in [0.1, 0.15) is 17.3 Å². The first kappa shape index (κ1) is 17.1. The van der Waals surface area contributed by atoms with E-state index in [0.29, 0.717) is 28.5 Å². The predicted octanol–water partition coefficient (Wildman–Crippen LogP) is 2.99. The minimum atomic E-state index is -0.333. The number of hydrogen-bond acceptors (Lipinski definition) is 5. The standard InChI is InChI=1S/C19H16N4O3/c1-26-15-6-4-5-13(11-15)18(24)23-17-9-8-14(12-21-17)22-19(25)16-7-2-3-10-20-16/h2-12H,1H3,(H,22,25)(H,21,23,24). The second kappa shape index (κ2) is 7.89. The number of hydrogen-bond donors (Lipinski definition) is 2. The summed E-state index contributed by atoms with van der Waals surface area (Å²) in [5, 5.41) is 5.38. The zero-order valence-electron chi connectivity index (χ0n) is 14.0. The maximum absolute atomic E-state index is 12.2. The number of nitrogens with zero attached hydrogens (tertiary/aromatic N) is 2. The van der Waals surface area contributed by atoms with Crippen LogP contribution in [0.1, 0.15) is 20.8 Å². The second-order valence-corrected chi connectivity index (χ2v) is 5.29. The summed E-state index contributed by atoms with van der Waals surface area (Å²) in [6.45, 7) is 0. The lowest BCUT2D eigenvalue weighted by molar-refractivity contribution is 0.101. The third-order valence-corrected chi connectivity index (χ3v) is 3.49. The van der Waals surface area contributed by atoms with Crippen LogP contribution < -0.4 is 15.4 Å². The van der Waals surface area contributed by atoms with Crippen LogP contribution in [-0.4, -0.2) is 28.9 Å². The molecule has 0 saturated carbocycles. The summed E-state index contributed by atoms with van der Waals surface area (Å²) in [7, 11) is 1.54. The monoisotopic (exact) mass is 348 g/mol. The normalized spacial score (nSPS) is 10.0. The van der Waals surface area contributed by atoms with Gasteiger partial charge in [-0.25, -0.2) is 4.98 Å². The van der Waals surface area contributed by atoms with Crippen LogP contribution in [0.25, 0.3) is 0 Å². The molecule has 7 nitrogen and oxygen atoms in total. The van der Waals surface area contributed by atoms with Crippen molar-refractivity contribution in [1.29, 1.82) is 0 Å². The van der Waals surface area contributed by atoms with Gasteiger partial charge in [0.2, 0.25) is 0 Å². The van der Waals surface area contributed by atoms with E-state index < -0.39 is 0 Å². The van der Waals surface area contributed by atoms with Crippen molar-refractivity contribution in [3.63, 3.8) is 0 Å². The van der Waals surface area contributed by atoms with Crippen molar-refractivity contribution in [3.8, 4) is 5.75 Å². The molecule has 2 amide bonds. The number of pyridine rings is 2. The fraction of sp³-hybridized carbons (Fsp3) is 0.0526. The van der Waals surface area contributed by atoms with Gasteiger partial charge in [0.05, 0.1) is 19.0 Å². The molecule has 130 valence electrons. The lowest BCUT2D eigenvalue weighted by Crippen LogP contribution is -2.15. The molecule has 2 aromatic heterocycles. The van der Waals surface area contributed by atoms with Crippen LogP contribution in [-0.2, 0) is 0 Å². The minimum Gasteiger partial charge on any atom is -0.497 e. The van der Waals surface area contributed by atoms with Crippen molar-refractivity contribution in [1.82, 2.24) is 9.97 Å². The highest BCUT2D eigenvalue weighted by molar-refractivity contribution is 6.04. The molecule has 1 aromatic carbocycles. The van der Waals surface area contributed by atoms with Gasteiger partial charge in [-0.1, -0.05) is 12.1 Å². The van der Waals surface area contributed by atoms with E-state index in [9.17, 15) is 9.59 Å². The number of ether oxygens (including phenoxy) is 1. The Morgan fingerprint density at radius 3 is 2.50 bits per heavy atom. The summed E-state index contributed by atoms with van der Waals surface area (Å²) in [5.41, 5.74) is 1.27. The fourth-order valence-electron chi connectivity index (χ4n) is 2.19. The first-order valence-corrected chi connectivity index (χ1v) is 7.79. The Hall–Kier alpha value is -3.74. The number of aromatic nitrogens is 2. The van der Waals surface area contributed by atoms with Gasteiger partial charge in [0, 0.05) is 11.8 Å². The Bertz CT molecular complexity index is 912. The van der Waals surface area contributed by atoms with Crippen molar-refractivity contribution < 1.29 is 14.3 Å². The van der Waals surface area contributed by atoms with E-state index in [2.05, 4.69) is 20.6 Å². The predicted molar refractivity (Wildman–Crippen MR) is 97.4 cm³/mol.